The van der Waals surface area contributed by atoms with Gasteiger partial charge < -0.3 is 9.96 Å². The van der Waals surface area contributed by atoms with E-state index in [9.17, 15) is 0 Å². The van der Waals surface area contributed by atoms with Crippen LogP contribution in [0.15, 0.2) is 30.3 Å². The highest BCUT2D eigenvalue weighted by atomic mass is 28.3. The molecule has 124 valence electrons. The van der Waals surface area contributed by atoms with E-state index in [2.05, 4.69) is 87.4 Å². The summed E-state index contributed by atoms with van der Waals surface area (Å²) in [7, 11) is -0.675. The molecular formula is C18H34N2Si2. The molecule has 1 aromatic carbocycles. The number of nitrogens with one attached hydrogen (secondary N) is 2. The van der Waals surface area contributed by atoms with Crippen LogP contribution < -0.4 is 9.96 Å². The molecule has 0 aromatic heterocycles. The van der Waals surface area contributed by atoms with Crippen LogP contribution in [0.25, 0.3) is 0 Å². The third-order valence-corrected chi connectivity index (χ3v) is 13.7. The van der Waals surface area contributed by atoms with Crippen LogP contribution >= 0.6 is 0 Å². The van der Waals surface area contributed by atoms with Crippen LogP contribution in [-0.2, 0) is 0 Å². The Labute approximate surface area is 139 Å². The van der Waals surface area contributed by atoms with E-state index in [0.717, 1.165) is 22.9 Å². The van der Waals surface area contributed by atoms with Crippen LogP contribution in [0, 0.1) is 11.8 Å². The molecule has 0 heterocycles. The van der Waals surface area contributed by atoms with E-state index in [4.69, 9.17) is 0 Å². The van der Waals surface area contributed by atoms with Crippen molar-refractivity contribution in [3.63, 3.8) is 0 Å². The first-order valence-corrected chi connectivity index (χ1v) is 14.9. The van der Waals surface area contributed by atoms with E-state index in [-0.39, 0.29) is 0 Å². The van der Waals surface area contributed by atoms with Gasteiger partial charge in [0.25, 0.3) is 0 Å². The molecule has 0 aliphatic heterocycles. The van der Waals surface area contributed by atoms with Gasteiger partial charge in [0, 0.05) is 5.69 Å². The summed E-state index contributed by atoms with van der Waals surface area (Å²) < 4.78 is 0. The first-order valence-electron chi connectivity index (χ1n) is 8.71. The molecule has 1 aliphatic rings. The van der Waals surface area contributed by atoms with Crippen LogP contribution in [0.2, 0.25) is 37.3 Å². The first-order chi connectivity index (χ1) is 10.2. The molecule has 1 aliphatic carbocycles. The number of hydrogen-bond acceptors (Lipinski definition) is 2. The lowest BCUT2D eigenvalue weighted by Gasteiger charge is -2.39. The van der Waals surface area contributed by atoms with Crippen molar-refractivity contribution in [3.8, 4) is 0 Å². The monoisotopic (exact) mass is 334 g/mol. The summed E-state index contributed by atoms with van der Waals surface area (Å²) in [5, 5.41) is 0. The molecule has 2 rings (SSSR count). The quantitative estimate of drug-likeness (QED) is 0.728. The first kappa shape index (κ1) is 17.8. The van der Waals surface area contributed by atoms with Gasteiger partial charge in [-0.2, -0.15) is 0 Å². The third kappa shape index (κ3) is 3.49. The zero-order chi connectivity index (χ0) is 16.5. The zero-order valence-corrected chi connectivity index (χ0v) is 17.4. The lowest BCUT2D eigenvalue weighted by molar-refractivity contribution is 0.532. The minimum atomic E-state index is -1.53. The molecule has 4 heteroatoms. The van der Waals surface area contributed by atoms with E-state index in [1.54, 1.807) is 0 Å². The van der Waals surface area contributed by atoms with Gasteiger partial charge in [-0.1, -0.05) is 58.2 Å². The van der Waals surface area contributed by atoms with Gasteiger partial charge in [0.15, 0.2) is 8.24 Å². The number of hydrogen-bond donors (Lipinski definition) is 2. The summed E-state index contributed by atoms with van der Waals surface area (Å²) in [5.41, 5.74) is 3.03. The second-order valence-corrected chi connectivity index (χ2v) is 17.4. The molecule has 0 amide bonds. The Morgan fingerprint density at radius 1 is 0.955 bits per heavy atom. The maximum atomic E-state index is 3.94. The molecule has 0 radical (unpaired) electrons. The highest BCUT2D eigenvalue weighted by molar-refractivity contribution is 6.82. The number of para-hydroxylation sites is 1. The fourth-order valence-electron chi connectivity index (χ4n) is 5.01. The fraction of sp³-hybridized carbons (Fsp3) is 0.667. The smallest absolute Gasteiger partial charge is 0.151 e. The van der Waals surface area contributed by atoms with Gasteiger partial charge in [0.05, 0.1) is 0 Å². The lowest BCUT2D eigenvalue weighted by Crippen LogP contribution is -2.50. The second kappa shape index (κ2) is 6.50. The molecule has 0 saturated heterocycles. The molecule has 1 aromatic rings. The average Bonchev–Trinajstić information content (AvgIpc) is 2.76. The molecule has 22 heavy (non-hydrogen) atoms. The normalized spacial score (nSPS) is 29.6. The molecule has 4 atom stereocenters. The topological polar surface area (TPSA) is 24.1 Å². The fourth-order valence-corrected chi connectivity index (χ4v) is 12.2. The lowest BCUT2D eigenvalue weighted by atomic mass is 10.1. The van der Waals surface area contributed by atoms with Gasteiger partial charge in [-0.25, -0.2) is 0 Å². The highest BCUT2D eigenvalue weighted by Crippen LogP contribution is 2.55. The van der Waals surface area contributed by atoms with Crippen LogP contribution in [0.4, 0.5) is 5.69 Å². The van der Waals surface area contributed by atoms with Crippen LogP contribution in [-0.4, -0.2) is 23.5 Å². The zero-order valence-electron chi connectivity index (χ0n) is 15.4. The summed E-state index contributed by atoms with van der Waals surface area (Å²) in [6, 6.07) is 10.8. The Kier molecular flexibility index (Phi) is 5.25. The summed E-state index contributed by atoms with van der Waals surface area (Å²) in [6.45, 7) is 15.1. The van der Waals surface area contributed by atoms with Gasteiger partial charge in [-0.3, -0.25) is 0 Å². The van der Waals surface area contributed by atoms with Gasteiger partial charge >= 0.3 is 0 Å². The van der Waals surface area contributed by atoms with E-state index in [1.165, 1.54) is 12.1 Å². The van der Waals surface area contributed by atoms with E-state index in [1.807, 2.05) is 0 Å². The summed E-state index contributed by atoms with van der Waals surface area (Å²) in [5.74, 6) is 1.65. The van der Waals surface area contributed by atoms with Gasteiger partial charge in [-0.15, -0.1) is 0 Å². The molecule has 0 bridgehead atoms. The maximum absolute atomic E-state index is 3.94. The van der Waals surface area contributed by atoms with Crippen molar-refractivity contribution in [2.75, 3.05) is 12.0 Å². The molecule has 0 spiro atoms. The summed E-state index contributed by atoms with van der Waals surface area (Å²) in [4.78, 5) is 7.63. The standard InChI is InChI=1S/C18H34N2Si2/c1-14-13-17(21(4,5)19-3)15(2)18(14)22(6,7)20-16-11-9-8-10-12-16/h8-12,14-15,17-20H,13H2,1-7H3. The highest BCUT2D eigenvalue weighted by Gasteiger charge is 2.51. The van der Waals surface area contributed by atoms with E-state index < -0.39 is 16.5 Å². The number of anilines is 1. The van der Waals surface area contributed by atoms with Crippen molar-refractivity contribution >= 4 is 22.2 Å². The molecule has 4 unspecified atom stereocenters. The minimum Gasteiger partial charge on any atom is -0.410 e. The van der Waals surface area contributed by atoms with Crippen molar-refractivity contribution in [3.05, 3.63) is 30.3 Å². The van der Waals surface area contributed by atoms with Gasteiger partial charge in [0.1, 0.15) is 8.24 Å². The Morgan fingerprint density at radius 2 is 1.55 bits per heavy atom. The Balaban J connectivity index is 2.20. The molecule has 2 N–H and O–H groups in total. The van der Waals surface area contributed by atoms with Crippen LogP contribution in [0.1, 0.15) is 20.3 Å². The molecule has 1 fully saturated rings. The molecule has 1 saturated carbocycles. The van der Waals surface area contributed by atoms with Crippen molar-refractivity contribution in [1.82, 2.24) is 4.98 Å². The van der Waals surface area contributed by atoms with Crippen molar-refractivity contribution < 1.29 is 0 Å². The van der Waals surface area contributed by atoms with Crippen molar-refractivity contribution in [2.24, 2.45) is 11.8 Å². The predicted molar refractivity (Wildman–Crippen MR) is 105 cm³/mol. The number of benzene rings is 1. The van der Waals surface area contributed by atoms with Gasteiger partial charge in [-0.05, 0) is 48.5 Å². The molecule has 2 nitrogen and oxygen atoms in total. The maximum Gasteiger partial charge on any atom is 0.151 e. The average molecular weight is 335 g/mol. The van der Waals surface area contributed by atoms with E-state index >= 15 is 0 Å². The minimum absolute atomic E-state index is 0.821. The third-order valence-electron chi connectivity index (χ3n) is 6.08. The van der Waals surface area contributed by atoms with E-state index in [0.29, 0.717) is 0 Å². The Bertz CT molecular complexity index is 487. The summed E-state index contributed by atoms with van der Waals surface area (Å²) in [6.07, 6.45) is 1.40. The Hall–Kier alpha value is -0.586. The largest absolute Gasteiger partial charge is 0.410 e. The number of rotatable bonds is 5. The molecular weight excluding hydrogens is 300 g/mol. The Morgan fingerprint density at radius 3 is 2.09 bits per heavy atom. The second-order valence-electron chi connectivity index (χ2n) is 8.39. The van der Waals surface area contributed by atoms with Crippen LogP contribution in [0.5, 0.6) is 0 Å². The van der Waals surface area contributed by atoms with Crippen molar-refractivity contribution in [1.29, 1.82) is 0 Å². The SMILES string of the molecule is CN[Si](C)(C)C1CC(C)C([Si](C)(C)Nc2ccccc2)C1C. The predicted octanol–water partition coefficient (Wildman–Crippen LogP) is 5.14. The van der Waals surface area contributed by atoms with Gasteiger partial charge in [0.2, 0.25) is 0 Å². The van der Waals surface area contributed by atoms with Crippen LogP contribution in [0.3, 0.4) is 0 Å². The van der Waals surface area contributed by atoms with Crippen molar-refractivity contribution in [2.45, 2.75) is 57.5 Å². The summed E-state index contributed by atoms with van der Waals surface area (Å²) >= 11 is 0.